The predicted octanol–water partition coefficient (Wildman–Crippen LogP) is 5.62. The van der Waals surface area contributed by atoms with Crippen molar-refractivity contribution in [2.24, 2.45) is 0 Å². The Morgan fingerprint density at radius 2 is 2.00 bits per heavy atom. The van der Waals surface area contributed by atoms with Gasteiger partial charge in [-0.1, -0.05) is 18.5 Å². The van der Waals surface area contributed by atoms with Gasteiger partial charge in [-0.25, -0.2) is 0 Å². The minimum Gasteiger partial charge on any atom is -0.497 e. The van der Waals surface area contributed by atoms with Crippen molar-refractivity contribution in [2.75, 3.05) is 24.4 Å². The number of rotatable bonds is 4. The Bertz CT molecular complexity index is 1040. The minimum atomic E-state index is -0.484. The van der Waals surface area contributed by atoms with Crippen LogP contribution in [0.3, 0.4) is 0 Å². The number of nitrogens with zero attached hydrogens (tertiary/aromatic N) is 2. The highest BCUT2D eigenvalue weighted by molar-refractivity contribution is 6.32. The molecule has 0 aromatic heterocycles. The van der Waals surface area contributed by atoms with Crippen molar-refractivity contribution in [3.05, 3.63) is 58.1 Å². The molecule has 6 heteroatoms. The summed E-state index contributed by atoms with van der Waals surface area (Å²) in [6, 6.07) is 12.8. The molecular formula is C24H26ClN3O2. The first-order valence-corrected chi connectivity index (χ1v) is 10.2. The first-order chi connectivity index (χ1) is 14.2. The molecule has 1 amide bonds. The summed E-state index contributed by atoms with van der Waals surface area (Å²) >= 11 is 6.54. The SMILES string of the molecule is COc1ccc(NC(=O)/C(C#N)=C\c2cc3c(cc2Cl)N(C)C(C)(C)C[C@H]3C)cc1. The van der Waals surface area contributed by atoms with Gasteiger partial charge in [0.15, 0.2) is 0 Å². The zero-order valence-corrected chi connectivity index (χ0v) is 18.7. The normalized spacial score (nSPS) is 17.7. The van der Waals surface area contributed by atoms with E-state index in [9.17, 15) is 10.1 Å². The fraction of sp³-hybridized carbons (Fsp3) is 0.333. The maximum absolute atomic E-state index is 12.6. The van der Waals surface area contributed by atoms with Crippen LogP contribution < -0.4 is 15.0 Å². The molecule has 2 aromatic rings. The highest BCUT2D eigenvalue weighted by atomic mass is 35.5. The molecule has 1 aliphatic rings. The summed E-state index contributed by atoms with van der Waals surface area (Å²) in [7, 11) is 3.64. The summed E-state index contributed by atoms with van der Waals surface area (Å²) in [5, 5.41) is 12.8. The molecule has 30 heavy (non-hydrogen) atoms. The Balaban J connectivity index is 1.91. The number of nitrogens with one attached hydrogen (secondary N) is 1. The van der Waals surface area contributed by atoms with Gasteiger partial charge in [0.2, 0.25) is 0 Å². The maximum Gasteiger partial charge on any atom is 0.266 e. The monoisotopic (exact) mass is 423 g/mol. The third-order valence-electron chi connectivity index (χ3n) is 5.76. The number of ether oxygens (including phenoxy) is 1. The standard InChI is InChI=1S/C24H26ClN3O2/c1-15-13-24(2,3)28(4)22-12-21(25)16(11-20(15)22)10-17(14-26)23(29)27-18-6-8-19(30-5)9-7-18/h6-12,15H,13H2,1-5H3,(H,27,29)/b17-10-/t15-/m1/s1. The Morgan fingerprint density at radius 1 is 1.33 bits per heavy atom. The smallest absolute Gasteiger partial charge is 0.266 e. The highest BCUT2D eigenvalue weighted by Gasteiger charge is 2.34. The topological polar surface area (TPSA) is 65.4 Å². The number of anilines is 2. The molecule has 0 bridgehead atoms. The Kier molecular flexibility index (Phi) is 6.09. The molecule has 0 saturated carbocycles. The third-order valence-corrected chi connectivity index (χ3v) is 6.09. The van der Waals surface area contributed by atoms with Crippen molar-refractivity contribution in [2.45, 2.75) is 38.6 Å². The van der Waals surface area contributed by atoms with E-state index in [4.69, 9.17) is 16.3 Å². The third kappa shape index (κ3) is 4.29. The number of nitriles is 1. The molecule has 5 nitrogen and oxygen atoms in total. The lowest BCUT2D eigenvalue weighted by atomic mass is 9.80. The minimum absolute atomic E-state index is 0.00943. The maximum atomic E-state index is 12.6. The number of methoxy groups -OCH3 is 1. The van der Waals surface area contributed by atoms with Gasteiger partial charge < -0.3 is 15.0 Å². The zero-order valence-electron chi connectivity index (χ0n) is 17.9. The van der Waals surface area contributed by atoms with Crippen molar-refractivity contribution < 1.29 is 9.53 Å². The van der Waals surface area contributed by atoms with Gasteiger partial charge >= 0.3 is 0 Å². The lowest BCUT2D eigenvalue weighted by Crippen LogP contribution is -2.45. The van der Waals surface area contributed by atoms with Crippen LogP contribution in [0.15, 0.2) is 42.0 Å². The summed E-state index contributed by atoms with van der Waals surface area (Å²) in [5.74, 6) is 0.546. The van der Waals surface area contributed by atoms with Crippen LogP contribution in [0.2, 0.25) is 5.02 Å². The van der Waals surface area contributed by atoms with Crippen LogP contribution in [0.5, 0.6) is 5.75 Å². The molecule has 1 heterocycles. The van der Waals surface area contributed by atoms with Crippen molar-refractivity contribution in [3.8, 4) is 11.8 Å². The molecule has 1 aliphatic heterocycles. The van der Waals surface area contributed by atoms with Gasteiger partial charge in [0.25, 0.3) is 5.91 Å². The van der Waals surface area contributed by atoms with Gasteiger partial charge in [0.05, 0.1) is 7.11 Å². The van der Waals surface area contributed by atoms with Gasteiger partial charge in [-0.2, -0.15) is 5.26 Å². The van der Waals surface area contributed by atoms with Crippen LogP contribution in [0, 0.1) is 11.3 Å². The van der Waals surface area contributed by atoms with Gasteiger partial charge in [-0.3, -0.25) is 4.79 Å². The quantitative estimate of drug-likeness (QED) is 0.512. The van der Waals surface area contributed by atoms with E-state index in [1.807, 2.05) is 18.2 Å². The number of hydrogen-bond acceptors (Lipinski definition) is 4. The van der Waals surface area contributed by atoms with Crippen molar-refractivity contribution in [1.29, 1.82) is 5.26 Å². The van der Waals surface area contributed by atoms with Gasteiger partial charge in [-0.15, -0.1) is 0 Å². The van der Waals surface area contributed by atoms with Crippen molar-refractivity contribution in [3.63, 3.8) is 0 Å². The number of carbonyl (C=O) groups excluding carboxylic acids is 1. The van der Waals surface area contributed by atoms with Crippen molar-refractivity contribution >= 4 is 35.0 Å². The summed E-state index contributed by atoms with van der Waals surface area (Å²) in [6.07, 6.45) is 2.55. The van der Waals surface area contributed by atoms with Crippen LogP contribution in [-0.4, -0.2) is 25.6 Å². The average molecular weight is 424 g/mol. The van der Waals surface area contributed by atoms with E-state index in [1.54, 1.807) is 37.5 Å². The second kappa shape index (κ2) is 8.41. The number of carbonyl (C=O) groups is 1. The van der Waals surface area contributed by atoms with E-state index in [0.29, 0.717) is 27.9 Å². The molecule has 2 aromatic carbocycles. The average Bonchev–Trinajstić information content (AvgIpc) is 2.71. The Labute approximate surface area is 182 Å². The molecule has 0 saturated heterocycles. The summed E-state index contributed by atoms with van der Waals surface area (Å²) < 4.78 is 5.11. The van der Waals surface area contributed by atoms with E-state index in [1.165, 1.54) is 5.56 Å². The fourth-order valence-corrected chi connectivity index (χ4v) is 4.10. The molecule has 0 aliphatic carbocycles. The van der Waals surface area contributed by atoms with Crippen LogP contribution >= 0.6 is 11.6 Å². The first kappa shape index (κ1) is 21.7. The summed E-state index contributed by atoms with van der Waals surface area (Å²) in [4.78, 5) is 14.9. The Hall–Kier alpha value is -2.97. The number of fused-ring (bicyclic) bond motifs is 1. The number of amides is 1. The molecule has 156 valence electrons. The van der Waals surface area contributed by atoms with Crippen molar-refractivity contribution in [1.82, 2.24) is 0 Å². The lowest BCUT2D eigenvalue weighted by Gasteiger charge is -2.45. The van der Waals surface area contributed by atoms with Crippen LogP contribution in [-0.2, 0) is 4.79 Å². The van der Waals surface area contributed by atoms with E-state index >= 15 is 0 Å². The molecule has 3 rings (SSSR count). The Morgan fingerprint density at radius 3 is 2.60 bits per heavy atom. The number of benzene rings is 2. The number of halogens is 1. The number of hydrogen-bond donors (Lipinski definition) is 1. The first-order valence-electron chi connectivity index (χ1n) is 9.80. The molecule has 1 N–H and O–H groups in total. The zero-order chi connectivity index (χ0) is 22.1. The summed E-state index contributed by atoms with van der Waals surface area (Å²) in [6.45, 7) is 6.62. The van der Waals surface area contributed by atoms with E-state index in [-0.39, 0.29) is 11.1 Å². The molecule has 0 unspecified atom stereocenters. The van der Waals surface area contributed by atoms with Crippen LogP contribution in [0.4, 0.5) is 11.4 Å². The molecule has 0 spiro atoms. The highest BCUT2D eigenvalue weighted by Crippen LogP contribution is 2.44. The summed E-state index contributed by atoms with van der Waals surface area (Å²) in [5.41, 5.74) is 3.52. The molecule has 0 fully saturated rings. The van der Waals surface area contributed by atoms with Gasteiger partial charge in [0.1, 0.15) is 17.4 Å². The second-order valence-electron chi connectivity index (χ2n) is 8.26. The van der Waals surface area contributed by atoms with Gasteiger partial charge in [-0.05, 0) is 79.8 Å². The van der Waals surface area contributed by atoms with E-state index < -0.39 is 5.91 Å². The fourth-order valence-electron chi connectivity index (χ4n) is 3.89. The molecule has 1 atom stereocenters. The van der Waals surface area contributed by atoms with E-state index in [2.05, 4.69) is 38.0 Å². The molecular weight excluding hydrogens is 398 g/mol. The predicted molar refractivity (Wildman–Crippen MR) is 122 cm³/mol. The van der Waals surface area contributed by atoms with E-state index in [0.717, 1.165) is 12.1 Å². The largest absolute Gasteiger partial charge is 0.497 e. The second-order valence-corrected chi connectivity index (χ2v) is 8.67. The van der Waals surface area contributed by atoms with Crippen LogP contribution in [0.1, 0.15) is 44.2 Å². The van der Waals surface area contributed by atoms with Gasteiger partial charge in [0, 0.05) is 29.0 Å². The van der Waals surface area contributed by atoms with Crippen LogP contribution in [0.25, 0.3) is 6.08 Å². The lowest BCUT2D eigenvalue weighted by molar-refractivity contribution is -0.112. The molecule has 0 radical (unpaired) electrons.